The average molecular weight is 218 g/mol. The molecule has 0 bridgehead atoms. The maximum absolute atomic E-state index is 9.50. The van der Waals surface area contributed by atoms with E-state index in [1.165, 1.54) is 0 Å². The summed E-state index contributed by atoms with van der Waals surface area (Å²) >= 11 is 0. The minimum atomic E-state index is -1.09. The van der Waals surface area contributed by atoms with E-state index in [2.05, 4.69) is 5.92 Å². The number of hydrogen-bond acceptors (Lipinski definition) is 2. The normalized spacial score (nSPS) is 13.2. The molecule has 0 aliphatic heterocycles. The SMILES string of the molecule is C#Cc1ccc(C[C@@H](C)OC(C)(C)O)cc1. The lowest BCUT2D eigenvalue weighted by molar-refractivity contribution is -0.200. The second-order valence-electron chi connectivity index (χ2n) is 4.42. The molecule has 0 aliphatic rings. The standard InChI is InChI=1S/C14H18O2/c1-5-12-6-8-13(9-7-12)10-11(2)16-14(3,4)15/h1,6-9,11,15H,10H2,2-4H3/t11-/m1/s1. The van der Waals surface area contributed by atoms with Crippen LogP contribution in [0.5, 0.6) is 0 Å². The summed E-state index contributed by atoms with van der Waals surface area (Å²) < 4.78 is 5.41. The van der Waals surface area contributed by atoms with Crippen LogP contribution in [0.3, 0.4) is 0 Å². The van der Waals surface area contributed by atoms with Crippen LogP contribution in [-0.2, 0) is 11.2 Å². The Morgan fingerprint density at radius 1 is 1.38 bits per heavy atom. The van der Waals surface area contributed by atoms with Gasteiger partial charge in [-0.3, -0.25) is 0 Å². The molecule has 0 aromatic heterocycles. The molecule has 1 atom stereocenters. The van der Waals surface area contributed by atoms with Gasteiger partial charge in [0.2, 0.25) is 0 Å². The fourth-order valence-corrected chi connectivity index (χ4v) is 1.60. The van der Waals surface area contributed by atoms with E-state index < -0.39 is 5.79 Å². The monoisotopic (exact) mass is 218 g/mol. The highest BCUT2D eigenvalue weighted by Crippen LogP contribution is 2.13. The predicted octanol–water partition coefficient (Wildman–Crippen LogP) is 2.34. The molecule has 0 aliphatic carbocycles. The van der Waals surface area contributed by atoms with Crippen molar-refractivity contribution < 1.29 is 9.84 Å². The van der Waals surface area contributed by atoms with Crippen LogP contribution >= 0.6 is 0 Å². The molecule has 86 valence electrons. The molecule has 0 amide bonds. The summed E-state index contributed by atoms with van der Waals surface area (Å²) in [6.07, 6.45) is 6.00. The third-order valence-corrected chi connectivity index (χ3v) is 2.13. The molecule has 0 spiro atoms. The summed E-state index contributed by atoms with van der Waals surface area (Å²) in [5.41, 5.74) is 2.02. The van der Waals surface area contributed by atoms with Crippen LogP contribution in [0.4, 0.5) is 0 Å². The Morgan fingerprint density at radius 3 is 2.38 bits per heavy atom. The molecular weight excluding hydrogens is 200 g/mol. The van der Waals surface area contributed by atoms with Gasteiger partial charge >= 0.3 is 0 Å². The van der Waals surface area contributed by atoms with Gasteiger partial charge in [-0.1, -0.05) is 18.1 Å². The highest BCUT2D eigenvalue weighted by Gasteiger charge is 2.17. The van der Waals surface area contributed by atoms with Gasteiger partial charge in [0.05, 0.1) is 6.10 Å². The number of ether oxygens (including phenoxy) is 1. The first-order valence-corrected chi connectivity index (χ1v) is 5.36. The summed E-state index contributed by atoms with van der Waals surface area (Å²) in [5, 5.41) is 9.50. The number of rotatable bonds is 4. The molecule has 1 N–H and O–H groups in total. The van der Waals surface area contributed by atoms with Gasteiger partial charge < -0.3 is 9.84 Å². The Bertz CT molecular complexity index is 365. The van der Waals surface area contributed by atoms with E-state index in [1.54, 1.807) is 13.8 Å². The Balaban J connectivity index is 2.57. The zero-order valence-electron chi connectivity index (χ0n) is 10.0. The number of terminal acetylenes is 1. The topological polar surface area (TPSA) is 29.5 Å². The fraction of sp³-hybridized carbons (Fsp3) is 0.429. The quantitative estimate of drug-likeness (QED) is 0.621. The Morgan fingerprint density at radius 2 is 1.94 bits per heavy atom. The van der Waals surface area contributed by atoms with Crippen molar-refractivity contribution in [3.05, 3.63) is 35.4 Å². The lowest BCUT2D eigenvalue weighted by Crippen LogP contribution is -2.29. The van der Waals surface area contributed by atoms with Gasteiger partial charge in [-0.15, -0.1) is 6.42 Å². The summed E-state index contributed by atoms with van der Waals surface area (Å²) in [7, 11) is 0. The van der Waals surface area contributed by atoms with Crippen molar-refractivity contribution in [2.75, 3.05) is 0 Å². The summed E-state index contributed by atoms with van der Waals surface area (Å²) in [6, 6.07) is 7.79. The largest absolute Gasteiger partial charge is 0.366 e. The molecule has 0 unspecified atom stereocenters. The van der Waals surface area contributed by atoms with E-state index >= 15 is 0 Å². The lowest BCUT2D eigenvalue weighted by atomic mass is 10.1. The Hall–Kier alpha value is -1.30. The number of benzene rings is 1. The molecule has 0 radical (unpaired) electrons. The van der Waals surface area contributed by atoms with Crippen molar-refractivity contribution in [1.29, 1.82) is 0 Å². The lowest BCUT2D eigenvalue weighted by Gasteiger charge is -2.23. The molecule has 2 heteroatoms. The maximum Gasteiger partial charge on any atom is 0.160 e. The molecular formula is C14H18O2. The highest BCUT2D eigenvalue weighted by molar-refractivity contribution is 5.34. The smallest absolute Gasteiger partial charge is 0.160 e. The van der Waals surface area contributed by atoms with E-state index in [0.29, 0.717) is 0 Å². The van der Waals surface area contributed by atoms with Gasteiger partial charge in [0.15, 0.2) is 5.79 Å². The van der Waals surface area contributed by atoms with Crippen molar-refractivity contribution in [1.82, 2.24) is 0 Å². The van der Waals surface area contributed by atoms with E-state index in [4.69, 9.17) is 11.2 Å². The first-order chi connectivity index (χ1) is 7.40. The first-order valence-electron chi connectivity index (χ1n) is 5.36. The van der Waals surface area contributed by atoms with Crippen molar-refractivity contribution >= 4 is 0 Å². The third-order valence-electron chi connectivity index (χ3n) is 2.13. The Kier molecular flexibility index (Phi) is 4.12. The average Bonchev–Trinajstić information content (AvgIpc) is 2.16. The van der Waals surface area contributed by atoms with E-state index in [1.807, 2.05) is 31.2 Å². The van der Waals surface area contributed by atoms with E-state index in [0.717, 1.165) is 17.5 Å². The number of hydrogen-bond donors (Lipinski definition) is 1. The maximum atomic E-state index is 9.50. The van der Waals surface area contributed by atoms with Crippen LogP contribution in [0.25, 0.3) is 0 Å². The van der Waals surface area contributed by atoms with Crippen molar-refractivity contribution in [3.63, 3.8) is 0 Å². The third kappa shape index (κ3) is 4.48. The van der Waals surface area contributed by atoms with Crippen LogP contribution in [0.15, 0.2) is 24.3 Å². The van der Waals surface area contributed by atoms with Gasteiger partial charge in [-0.05, 0) is 44.9 Å². The van der Waals surface area contributed by atoms with Gasteiger partial charge in [0.1, 0.15) is 0 Å². The van der Waals surface area contributed by atoms with Crippen LogP contribution < -0.4 is 0 Å². The predicted molar refractivity (Wildman–Crippen MR) is 64.9 cm³/mol. The van der Waals surface area contributed by atoms with Crippen LogP contribution in [0, 0.1) is 12.3 Å². The van der Waals surface area contributed by atoms with E-state index in [9.17, 15) is 5.11 Å². The molecule has 0 heterocycles. The Labute approximate surface area is 97.3 Å². The van der Waals surface area contributed by atoms with Crippen LogP contribution in [0.1, 0.15) is 31.9 Å². The van der Waals surface area contributed by atoms with Gasteiger partial charge in [-0.25, -0.2) is 0 Å². The van der Waals surface area contributed by atoms with Gasteiger partial charge in [0.25, 0.3) is 0 Å². The molecule has 2 nitrogen and oxygen atoms in total. The van der Waals surface area contributed by atoms with Crippen molar-refractivity contribution in [2.24, 2.45) is 0 Å². The van der Waals surface area contributed by atoms with Crippen molar-refractivity contribution in [2.45, 2.75) is 39.1 Å². The summed E-state index contributed by atoms with van der Waals surface area (Å²) in [4.78, 5) is 0. The van der Waals surface area contributed by atoms with Crippen LogP contribution in [0.2, 0.25) is 0 Å². The zero-order chi connectivity index (χ0) is 12.2. The minimum Gasteiger partial charge on any atom is -0.366 e. The molecule has 1 aromatic rings. The number of aliphatic hydroxyl groups is 1. The molecule has 1 rings (SSSR count). The molecule has 0 saturated heterocycles. The second kappa shape index (κ2) is 5.16. The summed E-state index contributed by atoms with van der Waals surface area (Å²) in [6.45, 7) is 5.20. The summed E-state index contributed by atoms with van der Waals surface area (Å²) in [5.74, 6) is 1.49. The van der Waals surface area contributed by atoms with Crippen molar-refractivity contribution in [3.8, 4) is 12.3 Å². The molecule has 0 saturated carbocycles. The minimum absolute atomic E-state index is 0.0308. The second-order valence-corrected chi connectivity index (χ2v) is 4.42. The molecule has 16 heavy (non-hydrogen) atoms. The highest BCUT2D eigenvalue weighted by atomic mass is 16.6. The molecule has 0 fully saturated rings. The fourth-order valence-electron chi connectivity index (χ4n) is 1.60. The molecule has 1 aromatic carbocycles. The first kappa shape index (κ1) is 12.8. The van der Waals surface area contributed by atoms with Crippen LogP contribution in [-0.4, -0.2) is 17.0 Å². The van der Waals surface area contributed by atoms with Gasteiger partial charge in [-0.2, -0.15) is 0 Å². The zero-order valence-corrected chi connectivity index (χ0v) is 10.0. The van der Waals surface area contributed by atoms with E-state index in [-0.39, 0.29) is 6.10 Å². The van der Waals surface area contributed by atoms with Gasteiger partial charge in [0, 0.05) is 5.56 Å².